The third kappa shape index (κ3) is 6.18. The number of hydrogen-bond donors (Lipinski definition) is 0. The van der Waals surface area contributed by atoms with Crippen molar-refractivity contribution in [2.75, 3.05) is 6.61 Å². The van der Waals surface area contributed by atoms with Gasteiger partial charge in [-0.15, -0.1) is 10.2 Å². The summed E-state index contributed by atoms with van der Waals surface area (Å²) in [6, 6.07) is 16.3. The maximum atomic E-state index is 5.84. The fourth-order valence-corrected chi connectivity index (χ4v) is 3.79. The fraction of sp³-hybridized carbons (Fsp3) is 0.318. The topological polar surface area (TPSA) is 52.3 Å². The molecule has 0 amide bonds. The number of aryl methyl sites for hydroxylation is 1. The summed E-state index contributed by atoms with van der Waals surface area (Å²) in [5, 5.41) is 14.2. The zero-order valence-electron chi connectivity index (χ0n) is 16.7. The lowest BCUT2D eigenvalue weighted by atomic mass is 10.2. The van der Waals surface area contributed by atoms with E-state index < -0.39 is 0 Å². The highest BCUT2D eigenvalue weighted by Crippen LogP contribution is 2.24. The van der Waals surface area contributed by atoms with Gasteiger partial charge in [0.05, 0.1) is 12.8 Å². The van der Waals surface area contributed by atoms with E-state index in [-0.39, 0.29) is 0 Å². The molecule has 0 atom stereocenters. The van der Waals surface area contributed by atoms with Crippen molar-refractivity contribution in [3.63, 3.8) is 0 Å². The summed E-state index contributed by atoms with van der Waals surface area (Å²) in [7, 11) is 0. The van der Waals surface area contributed by atoms with Crippen molar-refractivity contribution in [3.8, 4) is 5.75 Å². The Bertz CT molecular complexity index is 940. The van der Waals surface area contributed by atoms with Crippen molar-refractivity contribution in [1.29, 1.82) is 0 Å². The average molecular weight is 473 g/mol. The van der Waals surface area contributed by atoms with Crippen molar-refractivity contribution < 1.29 is 4.74 Å². The lowest BCUT2D eigenvalue weighted by Crippen LogP contribution is -2.02. The molecule has 0 fully saturated rings. The summed E-state index contributed by atoms with van der Waals surface area (Å²) in [6.45, 7) is 4.91. The molecule has 1 aromatic heterocycles. The van der Waals surface area contributed by atoms with Crippen molar-refractivity contribution in [1.82, 2.24) is 14.9 Å². The van der Waals surface area contributed by atoms with E-state index in [2.05, 4.69) is 64.2 Å². The van der Waals surface area contributed by atoms with E-state index in [1.54, 1.807) is 11.8 Å². The highest BCUT2D eigenvalue weighted by molar-refractivity contribution is 9.10. The molecule has 7 heteroatoms. The molecular weight excluding hydrogens is 448 g/mol. The number of aromatic nitrogens is 3. The van der Waals surface area contributed by atoms with E-state index in [1.807, 2.05) is 35.2 Å². The smallest absolute Gasteiger partial charge is 0.212 e. The zero-order valence-corrected chi connectivity index (χ0v) is 19.1. The molecule has 0 saturated heterocycles. The minimum absolute atomic E-state index is 0.687. The predicted molar refractivity (Wildman–Crippen MR) is 123 cm³/mol. The number of hydrogen-bond acceptors (Lipinski definition) is 5. The summed E-state index contributed by atoms with van der Waals surface area (Å²) in [5.74, 6) is 2.52. The van der Waals surface area contributed by atoms with Gasteiger partial charge in [-0.1, -0.05) is 65.8 Å². The Kier molecular flexibility index (Phi) is 8.31. The van der Waals surface area contributed by atoms with Gasteiger partial charge >= 0.3 is 0 Å². The monoisotopic (exact) mass is 472 g/mol. The van der Waals surface area contributed by atoms with E-state index in [0.717, 1.165) is 51.8 Å². The molecule has 152 valence electrons. The fourth-order valence-electron chi connectivity index (χ4n) is 2.66. The van der Waals surface area contributed by atoms with Gasteiger partial charge in [-0.25, -0.2) is 0 Å². The van der Waals surface area contributed by atoms with Crippen molar-refractivity contribution >= 4 is 33.9 Å². The molecule has 3 aromatic rings. The minimum Gasteiger partial charge on any atom is -0.493 e. The van der Waals surface area contributed by atoms with Gasteiger partial charge in [0.2, 0.25) is 5.16 Å². The van der Waals surface area contributed by atoms with Crippen molar-refractivity contribution in [2.24, 2.45) is 5.10 Å². The minimum atomic E-state index is 0.687. The molecule has 2 aromatic carbocycles. The quantitative estimate of drug-likeness (QED) is 0.270. The first-order chi connectivity index (χ1) is 14.2. The molecule has 0 aliphatic carbocycles. The average Bonchev–Trinajstić information content (AvgIpc) is 3.12. The first-order valence-corrected chi connectivity index (χ1v) is 11.6. The van der Waals surface area contributed by atoms with Crippen molar-refractivity contribution in [3.05, 3.63) is 70.0 Å². The zero-order chi connectivity index (χ0) is 20.5. The van der Waals surface area contributed by atoms with E-state index >= 15 is 0 Å². The van der Waals surface area contributed by atoms with Gasteiger partial charge in [0.15, 0.2) is 5.82 Å². The van der Waals surface area contributed by atoms with Crippen LogP contribution >= 0.6 is 27.7 Å². The summed E-state index contributed by atoms with van der Waals surface area (Å²) in [6.07, 6.45) is 4.62. The van der Waals surface area contributed by atoms with Gasteiger partial charge in [-0.05, 0) is 42.7 Å². The number of rotatable bonds is 10. The molecule has 0 spiro atoms. The Balaban J connectivity index is 1.81. The van der Waals surface area contributed by atoms with E-state index in [0.29, 0.717) is 6.61 Å². The van der Waals surface area contributed by atoms with Crippen LogP contribution in [-0.4, -0.2) is 27.7 Å². The SMILES string of the molecule is CCCOc1ccccc1/C=N\n1c(CCC)nnc1SCc1ccc(Br)cc1. The first-order valence-electron chi connectivity index (χ1n) is 9.79. The molecular formula is C22H25BrN4OS. The van der Waals surface area contributed by atoms with Gasteiger partial charge in [0, 0.05) is 22.2 Å². The number of ether oxygens (including phenoxy) is 1. The normalized spacial score (nSPS) is 11.3. The lowest BCUT2D eigenvalue weighted by molar-refractivity contribution is 0.317. The highest BCUT2D eigenvalue weighted by Gasteiger charge is 2.12. The van der Waals surface area contributed by atoms with Crippen LogP contribution in [0.1, 0.15) is 43.6 Å². The summed E-state index contributed by atoms with van der Waals surface area (Å²) in [5.41, 5.74) is 2.17. The standard InChI is InChI=1S/C22H25BrN4OS/c1-3-7-21-25-26-22(29-16-17-10-12-19(23)13-11-17)27(21)24-15-18-8-5-6-9-20(18)28-14-4-2/h5-6,8-13,15H,3-4,7,14,16H2,1-2H3/b24-15-. The van der Waals surface area contributed by atoms with Gasteiger partial charge < -0.3 is 4.74 Å². The third-order valence-corrected chi connectivity index (χ3v) is 5.64. The molecule has 0 bridgehead atoms. The Hall–Kier alpha value is -2.12. The molecule has 5 nitrogen and oxygen atoms in total. The number of nitrogens with zero attached hydrogens (tertiary/aromatic N) is 4. The maximum Gasteiger partial charge on any atom is 0.212 e. The Morgan fingerprint density at radius 3 is 2.62 bits per heavy atom. The summed E-state index contributed by atoms with van der Waals surface area (Å²) >= 11 is 5.11. The molecule has 0 unspecified atom stereocenters. The maximum absolute atomic E-state index is 5.84. The largest absolute Gasteiger partial charge is 0.493 e. The predicted octanol–water partition coefficient (Wildman–Crippen LogP) is 5.96. The van der Waals surface area contributed by atoms with Crippen LogP contribution in [0.5, 0.6) is 5.75 Å². The van der Waals surface area contributed by atoms with Crippen LogP contribution in [0.4, 0.5) is 0 Å². The Labute approximate surface area is 184 Å². The number of benzene rings is 2. The lowest BCUT2D eigenvalue weighted by Gasteiger charge is -2.08. The molecule has 29 heavy (non-hydrogen) atoms. The molecule has 0 N–H and O–H groups in total. The van der Waals surface area contributed by atoms with Gasteiger partial charge in [0.1, 0.15) is 5.75 Å². The number of thioether (sulfide) groups is 1. The molecule has 0 radical (unpaired) electrons. The Morgan fingerprint density at radius 2 is 1.86 bits per heavy atom. The second-order valence-electron chi connectivity index (χ2n) is 6.51. The summed E-state index contributed by atoms with van der Waals surface area (Å²) < 4.78 is 8.77. The Morgan fingerprint density at radius 1 is 1.07 bits per heavy atom. The highest BCUT2D eigenvalue weighted by atomic mass is 79.9. The van der Waals surface area contributed by atoms with Crippen LogP contribution in [0.3, 0.4) is 0 Å². The van der Waals surface area contributed by atoms with Crippen LogP contribution in [0, 0.1) is 0 Å². The van der Waals surface area contributed by atoms with E-state index in [9.17, 15) is 0 Å². The molecule has 1 heterocycles. The molecule has 3 rings (SSSR count). The molecule has 0 aliphatic heterocycles. The second kappa shape index (κ2) is 11.2. The van der Waals surface area contributed by atoms with Crippen LogP contribution < -0.4 is 4.74 Å². The molecule has 0 saturated carbocycles. The number of para-hydroxylation sites is 1. The van der Waals surface area contributed by atoms with Gasteiger partial charge in [-0.3, -0.25) is 0 Å². The van der Waals surface area contributed by atoms with Crippen LogP contribution in [-0.2, 0) is 12.2 Å². The molecule has 0 aliphatic rings. The first kappa shape index (κ1) is 21.6. The van der Waals surface area contributed by atoms with E-state index in [4.69, 9.17) is 9.84 Å². The van der Waals surface area contributed by atoms with Crippen LogP contribution in [0.2, 0.25) is 0 Å². The van der Waals surface area contributed by atoms with Crippen molar-refractivity contribution in [2.45, 2.75) is 44.0 Å². The number of halogens is 1. The summed E-state index contributed by atoms with van der Waals surface area (Å²) in [4.78, 5) is 0. The van der Waals surface area contributed by atoms with Gasteiger partial charge in [-0.2, -0.15) is 9.78 Å². The van der Waals surface area contributed by atoms with Crippen LogP contribution in [0.15, 0.2) is 63.3 Å². The van der Waals surface area contributed by atoms with Crippen LogP contribution in [0.25, 0.3) is 0 Å². The third-order valence-electron chi connectivity index (χ3n) is 4.12. The second-order valence-corrected chi connectivity index (χ2v) is 8.36. The van der Waals surface area contributed by atoms with Gasteiger partial charge in [0.25, 0.3) is 0 Å². The van der Waals surface area contributed by atoms with E-state index in [1.165, 1.54) is 5.56 Å².